The molecule has 5 heteroatoms. The molecule has 1 heterocycles. The summed E-state index contributed by atoms with van der Waals surface area (Å²) in [5.74, 6) is -0.308. The van der Waals surface area contributed by atoms with Crippen molar-refractivity contribution in [3.63, 3.8) is 0 Å². The lowest BCUT2D eigenvalue weighted by Gasteiger charge is -2.22. The second-order valence-corrected chi connectivity index (χ2v) is 3.67. The van der Waals surface area contributed by atoms with E-state index in [4.69, 9.17) is 0 Å². The summed E-state index contributed by atoms with van der Waals surface area (Å²) in [5.41, 5.74) is 2.80. The van der Waals surface area contributed by atoms with Crippen molar-refractivity contribution in [1.82, 2.24) is 16.0 Å². The third-order valence-corrected chi connectivity index (χ3v) is 2.64. The predicted octanol–water partition coefficient (Wildman–Crippen LogP) is 0.0197. The van der Waals surface area contributed by atoms with Crippen molar-refractivity contribution in [3.05, 3.63) is 22.5 Å². The summed E-state index contributed by atoms with van der Waals surface area (Å²) < 4.78 is 0. The molecule has 0 atom stereocenters. The Kier molecular flexibility index (Phi) is 3.71. The summed E-state index contributed by atoms with van der Waals surface area (Å²) in [5, 5.41) is 8.18. The van der Waals surface area contributed by atoms with E-state index in [1.54, 1.807) is 14.1 Å². The topological polar surface area (TPSA) is 70.2 Å². The molecule has 1 aliphatic heterocycles. The van der Waals surface area contributed by atoms with Crippen molar-refractivity contribution in [1.29, 1.82) is 0 Å². The maximum absolute atomic E-state index is 11.6. The first-order valence-corrected chi connectivity index (χ1v) is 5.12. The number of hydrogen-bond acceptors (Lipinski definition) is 3. The maximum atomic E-state index is 11.6. The zero-order chi connectivity index (χ0) is 12.3. The fourth-order valence-electron chi connectivity index (χ4n) is 1.68. The minimum atomic E-state index is -0.154. The van der Waals surface area contributed by atoms with E-state index in [1.807, 2.05) is 13.8 Å². The molecular weight excluding hydrogens is 206 g/mol. The fraction of sp³-hybridized carbons (Fsp3) is 0.455. The van der Waals surface area contributed by atoms with Gasteiger partial charge in [0.05, 0.1) is 0 Å². The average molecular weight is 223 g/mol. The highest BCUT2D eigenvalue weighted by atomic mass is 16.2. The molecule has 0 spiro atoms. The Morgan fingerprint density at radius 2 is 1.38 bits per heavy atom. The lowest BCUT2D eigenvalue weighted by atomic mass is 9.97. The molecule has 0 saturated heterocycles. The molecule has 1 rings (SSSR count). The van der Waals surface area contributed by atoms with Crippen molar-refractivity contribution >= 4 is 11.8 Å². The van der Waals surface area contributed by atoms with Gasteiger partial charge < -0.3 is 16.0 Å². The van der Waals surface area contributed by atoms with E-state index in [0.29, 0.717) is 17.6 Å². The Morgan fingerprint density at radius 3 is 1.69 bits per heavy atom. The summed E-state index contributed by atoms with van der Waals surface area (Å²) in [6.45, 7) is 3.66. The average Bonchev–Trinajstić information content (AvgIpc) is 2.27. The maximum Gasteiger partial charge on any atom is 0.249 e. The van der Waals surface area contributed by atoms with Gasteiger partial charge in [0.2, 0.25) is 11.8 Å². The van der Waals surface area contributed by atoms with Crippen LogP contribution in [-0.4, -0.2) is 25.9 Å². The molecule has 2 amide bonds. The zero-order valence-corrected chi connectivity index (χ0v) is 10.0. The van der Waals surface area contributed by atoms with Gasteiger partial charge in [0.25, 0.3) is 0 Å². The van der Waals surface area contributed by atoms with E-state index < -0.39 is 0 Å². The molecule has 88 valence electrons. The highest BCUT2D eigenvalue weighted by Crippen LogP contribution is 2.22. The van der Waals surface area contributed by atoms with Crippen LogP contribution in [0.15, 0.2) is 22.5 Å². The quantitative estimate of drug-likeness (QED) is 0.618. The van der Waals surface area contributed by atoms with Gasteiger partial charge in [0.15, 0.2) is 0 Å². The summed E-state index contributed by atoms with van der Waals surface area (Å²) >= 11 is 0. The molecule has 3 N–H and O–H groups in total. The van der Waals surface area contributed by atoms with Crippen molar-refractivity contribution in [2.75, 3.05) is 14.1 Å². The standard InChI is InChI=1S/C11H17N3O2/c1-6-8(10(15)12-3)5-9(7(2)14-6)11(16)13-4/h14H,5H2,1-4H3,(H,12,15)(H,13,16). The molecule has 0 fully saturated rings. The molecule has 0 unspecified atom stereocenters. The molecule has 0 aliphatic carbocycles. The van der Waals surface area contributed by atoms with Crippen LogP contribution in [0.5, 0.6) is 0 Å². The SMILES string of the molecule is CNC(=O)C1=C(C)NC(C)=C(C(=O)NC)C1. The molecule has 0 radical (unpaired) electrons. The second kappa shape index (κ2) is 4.83. The van der Waals surface area contributed by atoms with Crippen LogP contribution in [0.1, 0.15) is 20.3 Å². The minimum absolute atomic E-state index is 0.154. The van der Waals surface area contributed by atoms with Gasteiger partial charge >= 0.3 is 0 Å². The summed E-state index contributed by atoms with van der Waals surface area (Å²) in [6, 6.07) is 0. The van der Waals surface area contributed by atoms with E-state index in [-0.39, 0.29) is 11.8 Å². The molecular formula is C11H17N3O2. The Bertz CT molecular complexity index is 358. The molecule has 0 aromatic carbocycles. The first-order chi connectivity index (χ1) is 7.51. The first kappa shape index (κ1) is 12.3. The van der Waals surface area contributed by atoms with E-state index in [9.17, 15) is 9.59 Å². The molecule has 0 aromatic heterocycles. The van der Waals surface area contributed by atoms with Gasteiger partial charge in [-0.15, -0.1) is 0 Å². The van der Waals surface area contributed by atoms with Gasteiger partial charge in [0, 0.05) is 43.1 Å². The Morgan fingerprint density at radius 1 is 1.00 bits per heavy atom. The largest absolute Gasteiger partial charge is 0.362 e. The van der Waals surface area contributed by atoms with E-state index >= 15 is 0 Å². The zero-order valence-electron chi connectivity index (χ0n) is 10.0. The lowest BCUT2D eigenvalue weighted by molar-refractivity contribution is -0.117. The van der Waals surface area contributed by atoms with Gasteiger partial charge in [-0.25, -0.2) is 0 Å². The second-order valence-electron chi connectivity index (χ2n) is 3.67. The number of allylic oxidation sites excluding steroid dienone is 2. The van der Waals surface area contributed by atoms with E-state index in [2.05, 4.69) is 16.0 Å². The smallest absolute Gasteiger partial charge is 0.249 e. The highest BCUT2D eigenvalue weighted by molar-refractivity contribution is 6.00. The molecule has 5 nitrogen and oxygen atoms in total. The Balaban J connectivity index is 2.99. The van der Waals surface area contributed by atoms with Crippen LogP contribution in [0.2, 0.25) is 0 Å². The molecule has 1 aliphatic rings. The predicted molar refractivity (Wildman–Crippen MR) is 61.3 cm³/mol. The van der Waals surface area contributed by atoms with Gasteiger partial charge in [-0.2, -0.15) is 0 Å². The third kappa shape index (κ3) is 2.24. The van der Waals surface area contributed by atoms with Crippen LogP contribution >= 0.6 is 0 Å². The van der Waals surface area contributed by atoms with Crippen molar-refractivity contribution in [3.8, 4) is 0 Å². The summed E-state index contributed by atoms with van der Waals surface area (Å²) in [6.07, 6.45) is 0.365. The highest BCUT2D eigenvalue weighted by Gasteiger charge is 2.23. The van der Waals surface area contributed by atoms with Crippen LogP contribution in [-0.2, 0) is 9.59 Å². The van der Waals surface area contributed by atoms with E-state index in [0.717, 1.165) is 11.4 Å². The normalized spacial score (nSPS) is 15.8. The van der Waals surface area contributed by atoms with Crippen LogP contribution in [0.3, 0.4) is 0 Å². The fourth-order valence-corrected chi connectivity index (χ4v) is 1.68. The number of carbonyl (C=O) groups excluding carboxylic acids is 2. The number of dihydropyridines is 1. The molecule has 0 aromatic rings. The summed E-state index contributed by atoms with van der Waals surface area (Å²) in [7, 11) is 3.15. The van der Waals surface area contributed by atoms with Crippen LogP contribution < -0.4 is 16.0 Å². The summed E-state index contributed by atoms with van der Waals surface area (Å²) in [4.78, 5) is 23.2. The number of amides is 2. The molecule has 16 heavy (non-hydrogen) atoms. The number of likely N-dealkylation sites (N-methyl/N-ethyl adjacent to an activating group) is 2. The molecule has 0 saturated carbocycles. The first-order valence-electron chi connectivity index (χ1n) is 5.12. The van der Waals surface area contributed by atoms with Crippen LogP contribution in [0.25, 0.3) is 0 Å². The minimum Gasteiger partial charge on any atom is -0.362 e. The van der Waals surface area contributed by atoms with Crippen molar-refractivity contribution < 1.29 is 9.59 Å². The Labute approximate surface area is 95.0 Å². The lowest BCUT2D eigenvalue weighted by Crippen LogP contribution is -2.32. The Hall–Kier alpha value is -1.78. The number of nitrogens with one attached hydrogen (secondary N) is 3. The number of hydrogen-bond donors (Lipinski definition) is 3. The van der Waals surface area contributed by atoms with Gasteiger partial charge in [0.1, 0.15) is 0 Å². The van der Waals surface area contributed by atoms with Gasteiger partial charge in [-0.3, -0.25) is 9.59 Å². The van der Waals surface area contributed by atoms with Gasteiger partial charge in [-0.05, 0) is 13.8 Å². The van der Waals surface area contributed by atoms with Crippen molar-refractivity contribution in [2.45, 2.75) is 20.3 Å². The van der Waals surface area contributed by atoms with Gasteiger partial charge in [-0.1, -0.05) is 0 Å². The van der Waals surface area contributed by atoms with Crippen LogP contribution in [0, 0.1) is 0 Å². The van der Waals surface area contributed by atoms with Crippen molar-refractivity contribution in [2.24, 2.45) is 0 Å². The van der Waals surface area contributed by atoms with Crippen LogP contribution in [0.4, 0.5) is 0 Å². The third-order valence-electron chi connectivity index (χ3n) is 2.64. The number of carbonyl (C=O) groups is 2. The van der Waals surface area contributed by atoms with E-state index in [1.165, 1.54) is 0 Å². The monoisotopic (exact) mass is 223 g/mol. The number of rotatable bonds is 2. The molecule has 0 bridgehead atoms.